The van der Waals surface area contributed by atoms with Crippen LogP contribution in [-0.4, -0.2) is 33.5 Å². The van der Waals surface area contributed by atoms with Gasteiger partial charge >= 0.3 is 6.09 Å². The smallest absolute Gasteiger partial charge is 0.417 e. The fraction of sp³-hybridized carbons (Fsp3) is 0.538. The molecule has 0 spiro atoms. The molecule has 1 fully saturated rings. The zero-order valence-electron chi connectivity index (χ0n) is 19.2. The third kappa shape index (κ3) is 5.03. The van der Waals surface area contributed by atoms with Crippen LogP contribution in [0.3, 0.4) is 0 Å². The van der Waals surface area contributed by atoms with E-state index in [2.05, 4.69) is 31.8 Å². The number of allylic oxidation sites excluding steroid dienone is 1. The van der Waals surface area contributed by atoms with Crippen molar-refractivity contribution in [2.24, 2.45) is 0 Å². The number of hydrogen-bond acceptors (Lipinski definition) is 3. The second-order valence-electron chi connectivity index (χ2n) is 8.62. The van der Waals surface area contributed by atoms with Crippen molar-refractivity contribution < 1.29 is 14.3 Å². The first-order valence-electron chi connectivity index (χ1n) is 11.8. The van der Waals surface area contributed by atoms with E-state index in [9.17, 15) is 9.59 Å². The quantitative estimate of drug-likeness (QED) is 0.417. The van der Waals surface area contributed by atoms with Crippen molar-refractivity contribution in [1.29, 1.82) is 0 Å². The van der Waals surface area contributed by atoms with Crippen molar-refractivity contribution >= 4 is 22.9 Å². The van der Waals surface area contributed by atoms with Gasteiger partial charge in [-0.05, 0) is 56.2 Å². The SMILES string of the molecule is CCC/C=C/C(=O)N1C(=O)OC(CCCC)(CCCC)[C@@H]1Cc1c[nH]c2ccccc12. The Bertz CT molecular complexity index is 906. The minimum atomic E-state index is -0.629. The zero-order valence-corrected chi connectivity index (χ0v) is 19.2. The van der Waals surface area contributed by atoms with E-state index in [1.807, 2.05) is 30.5 Å². The van der Waals surface area contributed by atoms with Crippen molar-refractivity contribution in [3.63, 3.8) is 0 Å². The first-order valence-corrected chi connectivity index (χ1v) is 11.8. The zero-order chi connectivity index (χ0) is 22.3. The summed E-state index contributed by atoms with van der Waals surface area (Å²) >= 11 is 0. The lowest BCUT2D eigenvalue weighted by Gasteiger charge is -2.34. The van der Waals surface area contributed by atoms with Gasteiger partial charge in [0.1, 0.15) is 5.60 Å². The molecule has 1 atom stereocenters. The number of unbranched alkanes of at least 4 members (excludes halogenated alkanes) is 3. The van der Waals surface area contributed by atoms with Crippen LogP contribution >= 0.6 is 0 Å². The molecule has 2 amide bonds. The number of carbonyl (C=O) groups is 2. The minimum absolute atomic E-state index is 0.266. The van der Waals surface area contributed by atoms with E-state index >= 15 is 0 Å². The van der Waals surface area contributed by atoms with Gasteiger partial charge in [0, 0.05) is 17.1 Å². The number of para-hydroxylation sites is 1. The molecule has 0 aliphatic carbocycles. The number of cyclic esters (lactones) is 1. The number of benzene rings is 1. The third-order valence-electron chi connectivity index (χ3n) is 6.35. The molecule has 0 radical (unpaired) electrons. The lowest BCUT2D eigenvalue weighted by atomic mass is 9.81. The molecule has 1 saturated heterocycles. The molecule has 5 heteroatoms. The van der Waals surface area contributed by atoms with Crippen molar-refractivity contribution in [3.8, 4) is 0 Å². The number of carbonyl (C=O) groups excluding carboxylic acids is 2. The first kappa shape index (κ1) is 23.1. The van der Waals surface area contributed by atoms with E-state index in [0.29, 0.717) is 6.42 Å². The molecule has 1 aliphatic rings. The number of hydrogen-bond donors (Lipinski definition) is 1. The Kier molecular flexibility index (Phi) is 7.94. The molecule has 1 aromatic carbocycles. The molecule has 0 saturated carbocycles. The molecule has 1 N–H and O–H groups in total. The molecule has 2 heterocycles. The van der Waals surface area contributed by atoms with E-state index in [4.69, 9.17) is 4.74 Å². The third-order valence-corrected chi connectivity index (χ3v) is 6.35. The Labute approximate surface area is 185 Å². The van der Waals surface area contributed by atoms with Gasteiger partial charge in [0.2, 0.25) is 0 Å². The topological polar surface area (TPSA) is 62.4 Å². The lowest BCUT2D eigenvalue weighted by molar-refractivity contribution is -0.124. The summed E-state index contributed by atoms with van der Waals surface area (Å²) in [5, 5.41) is 1.13. The van der Waals surface area contributed by atoms with Gasteiger partial charge in [-0.2, -0.15) is 0 Å². The van der Waals surface area contributed by atoms with Crippen LogP contribution < -0.4 is 0 Å². The number of nitrogens with one attached hydrogen (secondary N) is 1. The van der Waals surface area contributed by atoms with Gasteiger partial charge in [0.15, 0.2) is 0 Å². The summed E-state index contributed by atoms with van der Waals surface area (Å²) in [4.78, 5) is 30.9. The monoisotopic (exact) mass is 424 g/mol. The van der Waals surface area contributed by atoms with Gasteiger partial charge in [-0.25, -0.2) is 9.69 Å². The summed E-state index contributed by atoms with van der Waals surface area (Å²) in [6, 6.07) is 7.86. The highest BCUT2D eigenvalue weighted by Gasteiger charge is 2.54. The largest absolute Gasteiger partial charge is 0.440 e. The number of imide groups is 1. The van der Waals surface area contributed by atoms with Gasteiger partial charge in [0.25, 0.3) is 5.91 Å². The number of fused-ring (bicyclic) bond motifs is 1. The van der Waals surface area contributed by atoms with Crippen molar-refractivity contribution in [1.82, 2.24) is 9.88 Å². The summed E-state index contributed by atoms with van der Waals surface area (Å²) in [6.07, 6.45) is 12.8. The molecule has 31 heavy (non-hydrogen) atoms. The second-order valence-corrected chi connectivity index (χ2v) is 8.62. The second kappa shape index (κ2) is 10.7. The number of H-pyrrole nitrogens is 1. The molecule has 0 bridgehead atoms. The maximum absolute atomic E-state index is 13.1. The molecule has 0 unspecified atom stereocenters. The van der Waals surface area contributed by atoms with Gasteiger partial charge in [0.05, 0.1) is 6.04 Å². The summed E-state index contributed by atoms with van der Waals surface area (Å²) in [5.74, 6) is -0.266. The summed E-state index contributed by atoms with van der Waals surface area (Å²) in [7, 11) is 0. The van der Waals surface area contributed by atoms with E-state index in [-0.39, 0.29) is 11.9 Å². The fourth-order valence-electron chi connectivity index (χ4n) is 4.63. The Balaban J connectivity index is 2.00. The van der Waals surface area contributed by atoms with Crippen LogP contribution in [0, 0.1) is 0 Å². The Morgan fingerprint density at radius 3 is 2.52 bits per heavy atom. The molecular formula is C26H36N2O3. The van der Waals surface area contributed by atoms with Crippen LogP contribution in [0.15, 0.2) is 42.6 Å². The summed E-state index contributed by atoms with van der Waals surface area (Å²) < 4.78 is 6.09. The number of rotatable bonds is 11. The van der Waals surface area contributed by atoms with Crippen LogP contribution in [-0.2, 0) is 16.0 Å². The highest BCUT2D eigenvalue weighted by atomic mass is 16.6. The van der Waals surface area contributed by atoms with Crippen molar-refractivity contribution in [2.75, 3.05) is 0 Å². The number of ether oxygens (including phenoxy) is 1. The highest BCUT2D eigenvalue weighted by Crippen LogP contribution is 2.41. The summed E-state index contributed by atoms with van der Waals surface area (Å²) in [6.45, 7) is 6.37. The predicted octanol–water partition coefficient (Wildman–Crippen LogP) is 6.53. The Hall–Kier alpha value is -2.56. The lowest BCUT2D eigenvalue weighted by Crippen LogP contribution is -2.48. The van der Waals surface area contributed by atoms with Crippen LogP contribution in [0.4, 0.5) is 4.79 Å². The number of aromatic nitrogens is 1. The van der Waals surface area contributed by atoms with Crippen LogP contribution in [0.5, 0.6) is 0 Å². The van der Waals surface area contributed by atoms with Crippen molar-refractivity contribution in [2.45, 2.75) is 90.2 Å². The predicted molar refractivity (Wildman–Crippen MR) is 125 cm³/mol. The summed E-state index contributed by atoms with van der Waals surface area (Å²) in [5.41, 5.74) is 1.55. The standard InChI is InChI=1S/C26H36N2O3/c1-4-7-10-15-24(29)28-23(18-20-19-27-22-14-12-11-13-21(20)22)26(16-8-5-2,17-9-6-3)31-25(28)30/h10-15,19,23,27H,4-9,16-18H2,1-3H3/b15-10+/t23-/m0/s1. The van der Waals surface area contributed by atoms with E-state index in [1.165, 1.54) is 4.90 Å². The molecule has 1 aliphatic heterocycles. The molecule has 1 aromatic heterocycles. The minimum Gasteiger partial charge on any atom is -0.440 e. The van der Waals surface area contributed by atoms with Gasteiger partial charge in [-0.1, -0.05) is 64.3 Å². The maximum atomic E-state index is 13.1. The number of amides is 2. The fourth-order valence-corrected chi connectivity index (χ4v) is 4.63. The molecule has 3 rings (SSSR count). The first-order chi connectivity index (χ1) is 15.1. The van der Waals surface area contributed by atoms with Crippen LogP contribution in [0.1, 0.15) is 77.7 Å². The Morgan fingerprint density at radius 1 is 1.13 bits per heavy atom. The number of aromatic amines is 1. The van der Waals surface area contributed by atoms with Gasteiger partial charge in [-0.3, -0.25) is 4.79 Å². The normalized spacial score (nSPS) is 18.2. The van der Waals surface area contributed by atoms with Crippen molar-refractivity contribution in [3.05, 3.63) is 48.2 Å². The van der Waals surface area contributed by atoms with Crippen LogP contribution in [0.25, 0.3) is 10.9 Å². The van der Waals surface area contributed by atoms with E-state index in [0.717, 1.165) is 67.8 Å². The molecular weight excluding hydrogens is 388 g/mol. The average Bonchev–Trinajstić information content (AvgIpc) is 3.30. The molecule has 5 nitrogen and oxygen atoms in total. The Morgan fingerprint density at radius 2 is 1.84 bits per heavy atom. The maximum Gasteiger partial charge on any atom is 0.417 e. The van der Waals surface area contributed by atoms with E-state index in [1.54, 1.807) is 6.08 Å². The van der Waals surface area contributed by atoms with E-state index < -0.39 is 11.7 Å². The van der Waals surface area contributed by atoms with Gasteiger partial charge in [-0.15, -0.1) is 0 Å². The van der Waals surface area contributed by atoms with Crippen LogP contribution in [0.2, 0.25) is 0 Å². The van der Waals surface area contributed by atoms with Gasteiger partial charge < -0.3 is 9.72 Å². The molecule has 168 valence electrons. The average molecular weight is 425 g/mol. The highest BCUT2D eigenvalue weighted by molar-refractivity contribution is 6.00. The number of nitrogens with zero attached hydrogens (tertiary/aromatic N) is 1. The molecule has 2 aromatic rings.